The molecule has 0 aromatic heterocycles. The Balaban J connectivity index is 2.19. The van der Waals surface area contributed by atoms with Crippen LogP contribution in [0, 0.1) is 0 Å². The fourth-order valence-corrected chi connectivity index (χ4v) is 1.97. The molecule has 0 radical (unpaired) electrons. The second-order valence-electron chi connectivity index (χ2n) is 4.31. The average molecular weight is 318 g/mol. The summed E-state index contributed by atoms with van der Waals surface area (Å²) in [5, 5.41) is 9.50. The van der Waals surface area contributed by atoms with Gasteiger partial charge in [-0.15, -0.1) is 13.2 Å². The summed E-state index contributed by atoms with van der Waals surface area (Å²) in [6.45, 7) is 0. The van der Waals surface area contributed by atoms with Gasteiger partial charge in [-0.25, -0.2) is 0 Å². The first-order valence-electron chi connectivity index (χ1n) is 5.86. The molecule has 0 amide bonds. The zero-order valence-electron chi connectivity index (χ0n) is 10.6. The molecule has 3 nitrogen and oxygen atoms in total. The number of ether oxygens (including phenoxy) is 1. The molecule has 0 bridgehead atoms. The van der Waals surface area contributed by atoms with E-state index in [4.69, 9.17) is 17.3 Å². The van der Waals surface area contributed by atoms with E-state index in [1.165, 1.54) is 36.4 Å². The predicted octanol–water partition coefficient (Wildman–Crippen LogP) is 3.99. The molecule has 7 heteroatoms. The molecule has 21 heavy (non-hydrogen) atoms. The van der Waals surface area contributed by atoms with Gasteiger partial charge in [0.25, 0.3) is 0 Å². The third kappa shape index (κ3) is 4.03. The highest BCUT2D eigenvalue weighted by Crippen LogP contribution is 2.30. The van der Waals surface area contributed by atoms with Crippen molar-refractivity contribution in [3.8, 4) is 11.5 Å². The van der Waals surface area contributed by atoms with Crippen LogP contribution in [0.4, 0.5) is 13.2 Å². The second kappa shape index (κ2) is 5.83. The summed E-state index contributed by atoms with van der Waals surface area (Å²) >= 11 is 5.79. The first-order chi connectivity index (χ1) is 9.76. The van der Waals surface area contributed by atoms with Crippen LogP contribution in [0.15, 0.2) is 42.5 Å². The Morgan fingerprint density at radius 2 is 1.62 bits per heavy atom. The van der Waals surface area contributed by atoms with Crippen LogP contribution in [-0.4, -0.2) is 11.5 Å². The lowest BCUT2D eigenvalue weighted by atomic mass is 9.99. The van der Waals surface area contributed by atoms with E-state index in [0.717, 1.165) is 0 Å². The second-order valence-corrected chi connectivity index (χ2v) is 4.71. The van der Waals surface area contributed by atoms with Crippen molar-refractivity contribution in [1.82, 2.24) is 0 Å². The predicted molar refractivity (Wildman–Crippen MR) is 72.3 cm³/mol. The van der Waals surface area contributed by atoms with E-state index in [1.54, 1.807) is 6.07 Å². The molecule has 0 spiro atoms. The molecule has 0 saturated carbocycles. The number of rotatable bonds is 3. The van der Waals surface area contributed by atoms with Gasteiger partial charge in [0.15, 0.2) is 0 Å². The van der Waals surface area contributed by atoms with Gasteiger partial charge in [0.1, 0.15) is 11.5 Å². The lowest BCUT2D eigenvalue weighted by Gasteiger charge is -2.14. The number of benzene rings is 2. The van der Waals surface area contributed by atoms with Crippen LogP contribution in [0.5, 0.6) is 11.5 Å². The standard InChI is InChI=1S/C14H11ClF3NO2/c15-11-7-9(3-6-12(11)20)13(19)8-1-4-10(5-2-8)21-14(16,17)18/h1-7,13,20H,19H2/t13-/m1/s1. The molecule has 112 valence electrons. The normalized spacial score (nSPS) is 13.0. The van der Waals surface area contributed by atoms with Gasteiger partial charge in [0, 0.05) is 0 Å². The van der Waals surface area contributed by atoms with Gasteiger partial charge < -0.3 is 15.6 Å². The van der Waals surface area contributed by atoms with Crippen molar-refractivity contribution in [3.63, 3.8) is 0 Å². The highest BCUT2D eigenvalue weighted by molar-refractivity contribution is 6.32. The molecule has 2 rings (SSSR count). The van der Waals surface area contributed by atoms with E-state index in [2.05, 4.69) is 4.74 Å². The quantitative estimate of drug-likeness (QED) is 0.900. The van der Waals surface area contributed by atoms with Crippen LogP contribution in [0.25, 0.3) is 0 Å². The molecule has 0 unspecified atom stereocenters. The highest BCUT2D eigenvalue weighted by atomic mass is 35.5. The Kier molecular flexibility index (Phi) is 4.29. The molecule has 0 aliphatic heterocycles. The number of alkyl halides is 3. The van der Waals surface area contributed by atoms with Gasteiger partial charge in [-0.3, -0.25) is 0 Å². The van der Waals surface area contributed by atoms with E-state index in [0.29, 0.717) is 11.1 Å². The Hall–Kier alpha value is -1.92. The maximum atomic E-state index is 12.1. The zero-order valence-corrected chi connectivity index (χ0v) is 11.3. The largest absolute Gasteiger partial charge is 0.573 e. The average Bonchev–Trinajstić information content (AvgIpc) is 2.40. The van der Waals surface area contributed by atoms with Crippen molar-refractivity contribution in [2.45, 2.75) is 12.4 Å². The van der Waals surface area contributed by atoms with Gasteiger partial charge in [0.05, 0.1) is 11.1 Å². The molecule has 0 heterocycles. The van der Waals surface area contributed by atoms with Gasteiger partial charge in [-0.2, -0.15) is 0 Å². The van der Waals surface area contributed by atoms with E-state index in [-0.39, 0.29) is 16.5 Å². The van der Waals surface area contributed by atoms with Gasteiger partial charge in [0.2, 0.25) is 0 Å². The number of hydrogen-bond donors (Lipinski definition) is 2. The zero-order chi connectivity index (χ0) is 15.6. The summed E-state index contributed by atoms with van der Waals surface area (Å²) in [6, 6.07) is 9.16. The summed E-state index contributed by atoms with van der Waals surface area (Å²) in [5.74, 6) is -0.385. The van der Waals surface area contributed by atoms with Crippen LogP contribution < -0.4 is 10.5 Å². The van der Waals surface area contributed by atoms with E-state index in [9.17, 15) is 18.3 Å². The number of hydrogen-bond acceptors (Lipinski definition) is 3. The van der Waals surface area contributed by atoms with Crippen molar-refractivity contribution < 1.29 is 23.0 Å². The summed E-state index contributed by atoms with van der Waals surface area (Å²) in [6.07, 6.45) is -4.73. The lowest BCUT2D eigenvalue weighted by molar-refractivity contribution is -0.274. The molecule has 2 aromatic carbocycles. The van der Waals surface area contributed by atoms with Gasteiger partial charge in [-0.1, -0.05) is 29.8 Å². The number of aromatic hydroxyl groups is 1. The third-order valence-electron chi connectivity index (χ3n) is 2.80. The molecule has 0 aliphatic rings. The Morgan fingerprint density at radius 1 is 1.05 bits per heavy atom. The van der Waals surface area contributed by atoms with Crippen LogP contribution in [0.2, 0.25) is 5.02 Å². The van der Waals surface area contributed by atoms with E-state index >= 15 is 0 Å². The molecule has 3 N–H and O–H groups in total. The van der Waals surface area contributed by atoms with Crippen LogP contribution in [-0.2, 0) is 0 Å². The fraction of sp³-hybridized carbons (Fsp3) is 0.143. The number of phenolic OH excluding ortho intramolecular Hbond substituents is 1. The molecule has 0 aliphatic carbocycles. The fourth-order valence-electron chi connectivity index (χ4n) is 1.79. The SMILES string of the molecule is N[C@H](c1ccc(OC(F)(F)F)cc1)c1ccc(O)c(Cl)c1. The Labute approximate surface area is 123 Å². The van der Waals surface area contributed by atoms with Gasteiger partial charge in [-0.05, 0) is 35.4 Å². The lowest BCUT2D eigenvalue weighted by Crippen LogP contribution is -2.17. The summed E-state index contributed by atoms with van der Waals surface area (Å²) in [5.41, 5.74) is 7.23. The molecule has 2 aromatic rings. The monoisotopic (exact) mass is 317 g/mol. The molecule has 0 saturated heterocycles. The van der Waals surface area contributed by atoms with Crippen LogP contribution in [0.1, 0.15) is 17.2 Å². The maximum absolute atomic E-state index is 12.1. The Bertz CT molecular complexity index is 629. The summed E-state index contributed by atoms with van der Waals surface area (Å²) in [7, 11) is 0. The summed E-state index contributed by atoms with van der Waals surface area (Å²) < 4.78 is 40.0. The minimum Gasteiger partial charge on any atom is -0.506 e. The van der Waals surface area contributed by atoms with Gasteiger partial charge >= 0.3 is 6.36 Å². The molecular formula is C14H11ClF3NO2. The van der Waals surface area contributed by atoms with Crippen molar-refractivity contribution in [2.75, 3.05) is 0 Å². The number of phenols is 1. The van der Waals surface area contributed by atoms with Crippen molar-refractivity contribution in [1.29, 1.82) is 0 Å². The minimum absolute atomic E-state index is 0.0680. The van der Waals surface area contributed by atoms with Crippen LogP contribution in [0.3, 0.4) is 0 Å². The molecule has 1 atom stereocenters. The first-order valence-corrected chi connectivity index (χ1v) is 6.24. The topological polar surface area (TPSA) is 55.5 Å². The highest BCUT2D eigenvalue weighted by Gasteiger charge is 2.31. The summed E-state index contributed by atoms with van der Waals surface area (Å²) in [4.78, 5) is 0. The molecule has 0 fully saturated rings. The van der Waals surface area contributed by atoms with E-state index in [1.807, 2.05) is 0 Å². The number of nitrogens with two attached hydrogens (primary N) is 1. The number of halogens is 4. The minimum atomic E-state index is -4.73. The smallest absolute Gasteiger partial charge is 0.506 e. The maximum Gasteiger partial charge on any atom is 0.573 e. The van der Waals surface area contributed by atoms with Crippen molar-refractivity contribution >= 4 is 11.6 Å². The first kappa shape index (κ1) is 15.5. The molecular weight excluding hydrogens is 307 g/mol. The third-order valence-corrected chi connectivity index (χ3v) is 3.11. The van der Waals surface area contributed by atoms with E-state index < -0.39 is 12.4 Å². The van der Waals surface area contributed by atoms with Crippen molar-refractivity contribution in [3.05, 3.63) is 58.6 Å². The van der Waals surface area contributed by atoms with Crippen LogP contribution >= 0.6 is 11.6 Å². The Morgan fingerprint density at radius 3 is 2.14 bits per heavy atom. The van der Waals surface area contributed by atoms with Crippen molar-refractivity contribution in [2.24, 2.45) is 5.73 Å².